The second kappa shape index (κ2) is 7.71. The Labute approximate surface area is 146 Å². The number of hydrogen-bond acceptors (Lipinski definition) is 7. The molecule has 0 aliphatic carbocycles. The van der Waals surface area contributed by atoms with E-state index >= 15 is 0 Å². The zero-order valence-electron chi connectivity index (χ0n) is 12.2. The zero-order chi connectivity index (χ0) is 17.7. The molecular formula is C13H13ClN4O4S2. The molecule has 1 heterocycles. The van der Waals surface area contributed by atoms with Crippen LogP contribution in [0.5, 0.6) is 0 Å². The number of aromatic nitrogens is 1. The van der Waals surface area contributed by atoms with Crippen molar-refractivity contribution < 1.29 is 18.0 Å². The van der Waals surface area contributed by atoms with E-state index in [2.05, 4.69) is 10.3 Å². The lowest BCUT2D eigenvalue weighted by atomic mass is 10.2. The number of sulfone groups is 1. The van der Waals surface area contributed by atoms with Gasteiger partial charge < -0.3 is 5.32 Å². The summed E-state index contributed by atoms with van der Waals surface area (Å²) in [4.78, 5) is 27.0. The molecule has 0 bridgehead atoms. The van der Waals surface area contributed by atoms with E-state index in [1.54, 1.807) is 35.1 Å². The summed E-state index contributed by atoms with van der Waals surface area (Å²) in [5.74, 6) is 1.46. The molecule has 0 saturated carbocycles. The third-order valence-electron chi connectivity index (χ3n) is 2.75. The van der Waals surface area contributed by atoms with Gasteiger partial charge in [-0.3, -0.25) is 15.0 Å². The molecule has 128 valence electrons. The Morgan fingerprint density at radius 3 is 2.42 bits per heavy atom. The summed E-state index contributed by atoms with van der Waals surface area (Å²) in [5.41, 5.74) is 3.13. The molecule has 0 aliphatic rings. The van der Waals surface area contributed by atoms with Gasteiger partial charge >= 0.3 is 0 Å². The van der Waals surface area contributed by atoms with Crippen LogP contribution < -0.4 is 16.6 Å². The first-order valence-electron chi connectivity index (χ1n) is 6.50. The number of carbonyl (C=O) groups is 2. The van der Waals surface area contributed by atoms with Gasteiger partial charge in [-0.05, 0) is 12.1 Å². The van der Waals surface area contributed by atoms with Gasteiger partial charge in [-0.25, -0.2) is 19.2 Å². The minimum absolute atomic E-state index is 0.253. The number of anilines is 1. The molecule has 0 fully saturated rings. The summed E-state index contributed by atoms with van der Waals surface area (Å²) in [6, 6.07) is 6.98. The average molecular weight is 389 g/mol. The van der Waals surface area contributed by atoms with Crippen molar-refractivity contribution in [1.29, 1.82) is 0 Å². The highest BCUT2D eigenvalue weighted by Crippen LogP contribution is 2.25. The number of hydrogen-bond donors (Lipinski definition) is 3. The van der Waals surface area contributed by atoms with Gasteiger partial charge in [-0.2, -0.15) is 0 Å². The molecule has 4 N–H and O–H groups in total. The topological polar surface area (TPSA) is 131 Å². The number of rotatable bonds is 6. The number of nitrogens with zero attached hydrogens (tertiary/aromatic N) is 1. The number of thiazole rings is 1. The fraction of sp³-hybridized carbons (Fsp3) is 0.154. The van der Waals surface area contributed by atoms with Crippen LogP contribution in [0.4, 0.5) is 5.13 Å². The van der Waals surface area contributed by atoms with Crippen LogP contribution in [0, 0.1) is 0 Å². The van der Waals surface area contributed by atoms with Crippen molar-refractivity contribution in [2.75, 3.05) is 16.8 Å². The number of halogens is 1. The number of amides is 2. The highest BCUT2D eigenvalue weighted by molar-refractivity contribution is 7.92. The summed E-state index contributed by atoms with van der Waals surface area (Å²) in [5, 5.41) is 4.95. The summed E-state index contributed by atoms with van der Waals surface area (Å²) < 4.78 is 23.3. The third-order valence-corrected chi connectivity index (χ3v) is 5.17. The fourth-order valence-electron chi connectivity index (χ4n) is 1.73. The van der Waals surface area contributed by atoms with Crippen molar-refractivity contribution >= 4 is 49.7 Å². The maximum atomic E-state index is 11.8. The van der Waals surface area contributed by atoms with E-state index in [-0.39, 0.29) is 5.13 Å². The number of nitrogens with one attached hydrogen (secondary N) is 2. The third kappa shape index (κ3) is 5.27. The van der Waals surface area contributed by atoms with Gasteiger partial charge in [0.15, 0.2) is 15.0 Å². The highest BCUT2D eigenvalue weighted by atomic mass is 35.5. The minimum atomic E-state index is -3.90. The summed E-state index contributed by atoms with van der Waals surface area (Å²) >= 11 is 6.96. The molecule has 8 nitrogen and oxygen atoms in total. The van der Waals surface area contributed by atoms with Crippen molar-refractivity contribution in [1.82, 2.24) is 10.4 Å². The van der Waals surface area contributed by atoms with Gasteiger partial charge in [0.05, 0.1) is 5.69 Å². The molecular weight excluding hydrogens is 376 g/mol. The Morgan fingerprint density at radius 1 is 1.17 bits per heavy atom. The lowest BCUT2D eigenvalue weighted by molar-refractivity contribution is -0.118. The van der Waals surface area contributed by atoms with Crippen molar-refractivity contribution in [2.24, 2.45) is 5.84 Å². The van der Waals surface area contributed by atoms with Crippen LogP contribution in [0.25, 0.3) is 11.3 Å². The fourth-order valence-corrected chi connectivity index (χ4v) is 3.65. The van der Waals surface area contributed by atoms with E-state index in [1.165, 1.54) is 0 Å². The quantitative estimate of drug-likeness (QED) is 0.381. The molecule has 1 aromatic heterocycles. The molecule has 0 unspecified atom stereocenters. The lowest BCUT2D eigenvalue weighted by Gasteiger charge is -2.03. The van der Waals surface area contributed by atoms with E-state index in [0.29, 0.717) is 10.7 Å². The Kier molecular flexibility index (Phi) is 5.89. The van der Waals surface area contributed by atoms with Crippen molar-refractivity contribution in [3.63, 3.8) is 0 Å². The Bertz CT molecular complexity index is 849. The van der Waals surface area contributed by atoms with Crippen molar-refractivity contribution in [3.8, 4) is 11.3 Å². The summed E-state index contributed by atoms with van der Waals surface area (Å²) in [6.07, 6.45) is 0. The van der Waals surface area contributed by atoms with Crippen molar-refractivity contribution in [2.45, 2.75) is 0 Å². The lowest BCUT2D eigenvalue weighted by Crippen LogP contribution is -2.37. The van der Waals surface area contributed by atoms with Crippen LogP contribution in [-0.2, 0) is 19.4 Å². The van der Waals surface area contributed by atoms with Crippen LogP contribution in [-0.4, -0.2) is 36.7 Å². The van der Waals surface area contributed by atoms with Crippen LogP contribution in [0.1, 0.15) is 0 Å². The minimum Gasteiger partial charge on any atom is -0.301 e. The molecule has 2 aromatic rings. The standard InChI is InChI=1S/C13H13ClN4O4S2/c14-9-3-1-8(2-4-9)10-5-23-13(16-10)17-11(19)6-24(21,22)7-12(20)18-15/h1-5H,6-7,15H2,(H,18,20)(H,16,17,19). The molecule has 0 saturated heterocycles. The molecule has 11 heteroatoms. The van der Waals surface area contributed by atoms with Crippen molar-refractivity contribution in [3.05, 3.63) is 34.7 Å². The molecule has 0 radical (unpaired) electrons. The Morgan fingerprint density at radius 2 is 1.79 bits per heavy atom. The molecule has 1 aromatic carbocycles. The monoisotopic (exact) mass is 388 g/mol. The maximum Gasteiger partial charge on any atom is 0.249 e. The maximum absolute atomic E-state index is 11.8. The van der Waals surface area contributed by atoms with E-state index in [4.69, 9.17) is 17.4 Å². The molecule has 2 amide bonds. The SMILES string of the molecule is NNC(=O)CS(=O)(=O)CC(=O)Nc1nc(-c2ccc(Cl)cc2)cs1. The molecule has 2 rings (SSSR count). The summed E-state index contributed by atoms with van der Waals surface area (Å²) in [6.45, 7) is 0. The highest BCUT2D eigenvalue weighted by Gasteiger charge is 2.21. The van der Waals surface area contributed by atoms with Gasteiger partial charge in [-0.15, -0.1) is 11.3 Å². The molecule has 0 spiro atoms. The van der Waals surface area contributed by atoms with Gasteiger partial charge in [-0.1, -0.05) is 23.7 Å². The van der Waals surface area contributed by atoms with Gasteiger partial charge in [0.25, 0.3) is 0 Å². The summed E-state index contributed by atoms with van der Waals surface area (Å²) in [7, 11) is -3.90. The normalized spacial score (nSPS) is 11.1. The average Bonchev–Trinajstić information content (AvgIpc) is 2.94. The first kappa shape index (κ1) is 18.3. The van der Waals surface area contributed by atoms with Gasteiger partial charge in [0.2, 0.25) is 11.8 Å². The Hall–Kier alpha value is -2.01. The number of carbonyl (C=O) groups excluding carboxylic acids is 2. The van der Waals surface area contributed by atoms with Gasteiger partial charge in [0.1, 0.15) is 11.5 Å². The van der Waals surface area contributed by atoms with Crippen LogP contribution in [0.3, 0.4) is 0 Å². The second-order valence-electron chi connectivity index (χ2n) is 4.69. The first-order valence-corrected chi connectivity index (χ1v) is 9.58. The smallest absolute Gasteiger partial charge is 0.249 e. The molecule has 0 atom stereocenters. The predicted octanol–water partition coefficient (Wildman–Crippen LogP) is 0.807. The van der Waals surface area contributed by atoms with E-state index < -0.39 is 33.2 Å². The largest absolute Gasteiger partial charge is 0.301 e. The first-order chi connectivity index (χ1) is 11.3. The van der Waals surface area contributed by atoms with Crippen LogP contribution in [0.15, 0.2) is 29.6 Å². The number of benzene rings is 1. The van der Waals surface area contributed by atoms with E-state index in [1.807, 2.05) is 0 Å². The van der Waals surface area contributed by atoms with Crippen LogP contribution >= 0.6 is 22.9 Å². The van der Waals surface area contributed by atoms with E-state index in [0.717, 1.165) is 16.9 Å². The number of nitrogens with two attached hydrogens (primary N) is 1. The number of hydrazine groups is 1. The predicted molar refractivity (Wildman–Crippen MR) is 92.2 cm³/mol. The molecule has 24 heavy (non-hydrogen) atoms. The van der Waals surface area contributed by atoms with Gasteiger partial charge in [0, 0.05) is 16.0 Å². The Balaban J connectivity index is 2.00. The van der Waals surface area contributed by atoms with E-state index in [9.17, 15) is 18.0 Å². The second-order valence-corrected chi connectivity index (χ2v) is 8.05. The molecule has 0 aliphatic heterocycles. The zero-order valence-corrected chi connectivity index (χ0v) is 14.5. The van der Waals surface area contributed by atoms with Crippen LogP contribution in [0.2, 0.25) is 5.02 Å².